The van der Waals surface area contributed by atoms with Crippen LogP contribution in [0.15, 0.2) is 11.9 Å². The monoisotopic (exact) mass is 168 g/mol. The van der Waals surface area contributed by atoms with E-state index in [1.54, 1.807) is 6.92 Å². The summed E-state index contributed by atoms with van der Waals surface area (Å²) in [6, 6.07) is 0. The first-order valence-electron chi connectivity index (χ1n) is 3.12. The average molecular weight is 168 g/mol. The highest BCUT2D eigenvalue weighted by molar-refractivity contribution is 5.02. The molecule has 0 radical (unpaired) electrons. The molecule has 0 atom stereocenters. The SMILES string of the molecule is CCN(C)/C=C(\N)C(F)(F)F. The standard InChI is InChI=1S/C6H11F3N2/c1-3-11(2)4-5(10)6(7,8)9/h4H,3,10H2,1-2H3/b5-4-. The Bertz CT molecular complexity index is 150. The summed E-state index contributed by atoms with van der Waals surface area (Å²) < 4.78 is 35.2. The van der Waals surface area contributed by atoms with Crippen molar-refractivity contribution in [2.45, 2.75) is 13.1 Å². The van der Waals surface area contributed by atoms with Crippen molar-refractivity contribution in [1.82, 2.24) is 4.90 Å². The lowest BCUT2D eigenvalue weighted by atomic mass is 10.4. The molecule has 0 amide bonds. The maximum absolute atomic E-state index is 11.7. The molecule has 0 aromatic carbocycles. The number of halogens is 3. The highest BCUT2D eigenvalue weighted by Gasteiger charge is 2.31. The van der Waals surface area contributed by atoms with Gasteiger partial charge in [-0.3, -0.25) is 0 Å². The molecule has 2 nitrogen and oxygen atoms in total. The van der Waals surface area contributed by atoms with E-state index in [9.17, 15) is 13.2 Å². The number of nitrogens with zero attached hydrogens (tertiary/aromatic N) is 1. The summed E-state index contributed by atoms with van der Waals surface area (Å²) in [6.45, 7) is 2.23. The lowest BCUT2D eigenvalue weighted by Gasteiger charge is -2.13. The van der Waals surface area contributed by atoms with Gasteiger partial charge >= 0.3 is 6.18 Å². The molecule has 66 valence electrons. The van der Waals surface area contributed by atoms with Crippen LogP contribution in [0.4, 0.5) is 13.2 Å². The van der Waals surface area contributed by atoms with E-state index >= 15 is 0 Å². The number of hydrogen-bond acceptors (Lipinski definition) is 2. The van der Waals surface area contributed by atoms with Crippen LogP contribution in [0.5, 0.6) is 0 Å². The third-order valence-electron chi connectivity index (χ3n) is 1.19. The van der Waals surface area contributed by atoms with Gasteiger partial charge in [-0.05, 0) is 6.92 Å². The van der Waals surface area contributed by atoms with Gasteiger partial charge in [-0.25, -0.2) is 0 Å². The molecule has 0 unspecified atom stereocenters. The summed E-state index contributed by atoms with van der Waals surface area (Å²) in [5.74, 6) is 0. The van der Waals surface area contributed by atoms with Gasteiger partial charge < -0.3 is 10.6 Å². The fraction of sp³-hybridized carbons (Fsp3) is 0.667. The minimum Gasteiger partial charge on any atom is -0.394 e. The van der Waals surface area contributed by atoms with Crippen LogP contribution in [0.1, 0.15) is 6.92 Å². The molecule has 0 aliphatic heterocycles. The van der Waals surface area contributed by atoms with Crippen molar-refractivity contribution in [2.75, 3.05) is 13.6 Å². The van der Waals surface area contributed by atoms with Crippen LogP contribution in [0.3, 0.4) is 0 Å². The first-order chi connectivity index (χ1) is 4.88. The molecule has 0 fully saturated rings. The maximum atomic E-state index is 11.7. The summed E-state index contributed by atoms with van der Waals surface area (Å²) in [5, 5.41) is 0. The molecule has 2 N–H and O–H groups in total. The smallest absolute Gasteiger partial charge is 0.394 e. The first kappa shape index (κ1) is 10.1. The minimum atomic E-state index is -4.41. The van der Waals surface area contributed by atoms with Gasteiger partial charge in [0.2, 0.25) is 0 Å². The third-order valence-corrected chi connectivity index (χ3v) is 1.19. The van der Waals surface area contributed by atoms with Crippen LogP contribution in [-0.2, 0) is 0 Å². The predicted octanol–water partition coefficient (Wildman–Crippen LogP) is 1.30. The highest BCUT2D eigenvalue weighted by atomic mass is 19.4. The second-order valence-corrected chi connectivity index (χ2v) is 2.16. The quantitative estimate of drug-likeness (QED) is 0.673. The summed E-state index contributed by atoms with van der Waals surface area (Å²) in [7, 11) is 1.53. The highest BCUT2D eigenvalue weighted by Crippen LogP contribution is 2.21. The number of rotatable bonds is 2. The van der Waals surface area contributed by atoms with Crippen LogP contribution in [0.2, 0.25) is 0 Å². The van der Waals surface area contributed by atoms with Gasteiger partial charge in [-0.15, -0.1) is 0 Å². The van der Waals surface area contributed by atoms with E-state index in [0.717, 1.165) is 6.20 Å². The van der Waals surface area contributed by atoms with Crippen LogP contribution >= 0.6 is 0 Å². The second-order valence-electron chi connectivity index (χ2n) is 2.16. The summed E-state index contributed by atoms with van der Waals surface area (Å²) in [4.78, 5) is 1.36. The molecule has 0 aliphatic rings. The minimum absolute atomic E-state index is 0.497. The average Bonchev–Trinajstić information content (AvgIpc) is 1.85. The molecule has 0 aromatic heterocycles. The van der Waals surface area contributed by atoms with Gasteiger partial charge in [0.15, 0.2) is 0 Å². The lowest BCUT2D eigenvalue weighted by Crippen LogP contribution is -2.23. The summed E-state index contributed by atoms with van der Waals surface area (Å²) in [6.07, 6.45) is -3.54. The van der Waals surface area contributed by atoms with Gasteiger partial charge in [-0.2, -0.15) is 13.2 Å². The van der Waals surface area contributed by atoms with E-state index in [-0.39, 0.29) is 0 Å². The van der Waals surface area contributed by atoms with E-state index in [0.29, 0.717) is 6.54 Å². The van der Waals surface area contributed by atoms with E-state index < -0.39 is 11.9 Å². The molecular formula is C6H11F3N2. The summed E-state index contributed by atoms with van der Waals surface area (Å²) >= 11 is 0. The molecule has 0 rings (SSSR count). The molecular weight excluding hydrogens is 157 g/mol. The van der Waals surface area contributed by atoms with E-state index in [2.05, 4.69) is 0 Å². The van der Waals surface area contributed by atoms with Gasteiger partial charge in [-0.1, -0.05) is 0 Å². The maximum Gasteiger partial charge on any atom is 0.432 e. The Morgan fingerprint density at radius 2 is 2.00 bits per heavy atom. The van der Waals surface area contributed by atoms with E-state index in [1.165, 1.54) is 11.9 Å². The fourth-order valence-corrected chi connectivity index (χ4v) is 0.402. The molecule has 5 heteroatoms. The zero-order valence-corrected chi connectivity index (χ0v) is 6.44. The molecule has 0 spiro atoms. The third kappa shape index (κ3) is 3.75. The lowest BCUT2D eigenvalue weighted by molar-refractivity contribution is -0.0936. The fourth-order valence-electron chi connectivity index (χ4n) is 0.402. The second kappa shape index (κ2) is 3.50. The van der Waals surface area contributed by atoms with Crippen molar-refractivity contribution in [2.24, 2.45) is 5.73 Å². The Kier molecular flexibility index (Phi) is 3.22. The molecule has 11 heavy (non-hydrogen) atoms. The number of hydrogen-bond donors (Lipinski definition) is 1. The van der Waals surface area contributed by atoms with Gasteiger partial charge in [0, 0.05) is 19.8 Å². The zero-order chi connectivity index (χ0) is 9.07. The van der Waals surface area contributed by atoms with Crippen molar-refractivity contribution < 1.29 is 13.2 Å². The van der Waals surface area contributed by atoms with Crippen LogP contribution in [0, 0.1) is 0 Å². The van der Waals surface area contributed by atoms with Crippen LogP contribution in [0.25, 0.3) is 0 Å². The number of nitrogens with two attached hydrogens (primary N) is 1. The van der Waals surface area contributed by atoms with Crippen LogP contribution < -0.4 is 5.73 Å². The molecule has 0 saturated heterocycles. The Labute approximate surface area is 63.5 Å². The molecule has 0 saturated carbocycles. The number of allylic oxidation sites excluding steroid dienone is 1. The topological polar surface area (TPSA) is 29.3 Å². The molecule has 0 aromatic rings. The van der Waals surface area contributed by atoms with Gasteiger partial charge in [0.1, 0.15) is 5.70 Å². The van der Waals surface area contributed by atoms with Gasteiger partial charge in [0.25, 0.3) is 0 Å². The van der Waals surface area contributed by atoms with Gasteiger partial charge in [0.05, 0.1) is 0 Å². The predicted molar refractivity (Wildman–Crippen MR) is 36.6 cm³/mol. The molecule has 0 bridgehead atoms. The molecule has 0 heterocycles. The zero-order valence-electron chi connectivity index (χ0n) is 6.44. The van der Waals surface area contributed by atoms with E-state index in [1.807, 2.05) is 0 Å². The Morgan fingerprint density at radius 1 is 1.55 bits per heavy atom. The Hall–Kier alpha value is -0.870. The Morgan fingerprint density at radius 3 is 2.27 bits per heavy atom. The van der Waals surface area contributed by atoms with Crippen molar-refractivity contribution in [1.29, 1.82) is 0 Å². The van der Waals surface area contributed by atoms with Crippen molar-refractivity contribution in [3.8, 4) is 0 Å². The van der Waals surface area contributed by atoms with Crippen molar-refractivity contribution >= 4 is 0 Å². The Balaban J connectivity index is 4.22. The molecule has 0 aliphatic carbocycles. The first-order valence-corrected chi connectivity index (χ1v) is 3.12. The largest absolute Gasteiger partial charge is 0.432 e. The van der Waals surface area contributed by atoms with Crippen molar-refractivity contribution in [3.63, 3.8) is 0 Å². The van der Waals surface area contributed by atoms with Crippen LogP contribution in [-0.4, -0.2) is 24.7 Å². The van der Waals surface area contributed by atoms with E-state index in [4.69, 9.17) is 5.73 Å². The summed E-state index contributed by atoms with van der Waals surface area (Å²) in [5.41, 5.74) is 3.65. The van der Waals surface area contributed by atoms with Crippen molar-refractivity contribution in [3.05, 3.63) is 11.9 Å². The normalized spacial score (nSPS) is 13.4. The number of alkyl halides is 3.